The molecule has 130 valence electrons. The quantitative estimate of drug-likeness (QED) is 0.868. The van der Waals surface area contributed by atoms with Crippen molar-refractivity contribution >= 4 is 23.4 Å². The number of benzene rings is 1. The standard InChI is InChI=1S/C18H24N2O4/c1-11(21)15-9-12(18(15,2)3)10-16(22)20-17(23)19-13-5-7-14(24-4)8-6-13/h5-8,12,15H,9-10H2,1-4H3,(H2,19,20,22,23)/t12-,15-/m1/s1. The molecule has 0 unspecified atom stereocenters. The van der Waals surface area contributed by atoms with Crippen LogP contribution in [0.1, 0.15) is 33.6 Å². The number of carbonyl (C=O) groups is 3. The Labute approximate surface area is 142 Å². The summed E-state index contributed by atoms with van der Waals surface area (Å²) in [7, 11) is 1.56. The van der Waals surface area contributed by atoms with Gasteiger partial charge in [0.1, 0.15) is 11.5 Å². The van der Waals surface area contributed by atoms with Crippen LogP contribution in [0.15, 0.2) is 24.3 Å². The first-order valence-electron chi connectivity index (χ1n) is 7.99. The molecule has 1 aromatic rings. The summed E-state index contributed by atoms with van der Waals surface area (Å²) in [6.07, 6.45) is 0.947. The molecule has 24 heavy (non-hydrogen) atoms. The zero-order chi connectivity index (χ0) is 17.9. The summed E-state index contributed by atoms with van der Waals surface area (Å²) < 4.78 is 5.04. The second kappa shape index (κ2) is 7.03. The van der Waals surface area contributed by atoms with E-state index in [0.29, 0.717) is 17.9 Å². The highest BCUT2D eigenvalue weighted by Gasteiger charge is 2.50. The van der Waals surface area contributed by atoms with E-state index in [1.807, 2.05) is 13.8 Å². The fourth-order valence-electron chi connectivity index (χ4n) is 3.29. The Morgan fingerprint density at radius 3 is 2.33 bits per heavy atom. The molecule has 6 nitrogen and oxygen atoms in total. The molecule has 0 bridgehead atoms. The van der Waals surface area contributed by atoms with Gasteiger partial charge >= 0.3 is 6.03 Å². The third-order valence-corrected chi connectivity index (χ3v) is 4.99. The number of methoxy groups -OCH3 is 1. The van der Waals surface area contributed by atoms with Gasteiger partial charge in [-0.3, -0.25) is 14.9 Å². The van der Waals surface area contributed by atoms with Crippen molar-refractivity contribution in [2.75, 3.05) is 12.4 Å². The number of anilines is 1. The smallest absolute Gasteiger partial charge is 0.325 e. The van der Waals surface area contributed by atoms with Crippen LogP contribution in [0.4, 0.5) is 10.5 Å². The van der Waals surface area contributed by atoms with Crippen LogP contribution in [0.5, 0.6) is 5.75 Å². The Morgan fingerprint density at radius 1 is 1.21 bits per heavy atom. The number of ketones is 1. The average molecular weight is 332 g/mol. The van der Waals surface area contributed by atoms with Crippen molar-refractivity contribution in [3.63, 3.8) is 0 Å². The van der Waals surface area contributed by atoms with Crippen molar-refractivity contribution in [2.24, 2.45) is 17.3 Å². The van der Waals surface area contributed by atoms with E-state index in [1.165, 1.54) is 0 Å². The molecule has 1 fully saturated rings. The lowest BCUT2D eigenvalue weighted by molar-refractivity contribution is -0.140. The van der Waals surface area contributed by atoms with Crippen LogP contribution in [0.25, 0.3) is 0 Å². The number of carbonyl (C=O) groups excluding carboxylic acids is 3. The van der Waals surface area contributed by atoms with Crippen molar-refractivity contribution in [1.82, 2.24) is 5.32 Å². The minimum atomic E-state index is -0.564. The van der Waals surface area contributed by atoms with Crippen molar-refractivity contribution in [3.8, 4) is 5.75 Å². The summed E-state index contributed by atoms with van der Waals surface area (Å²) in [5, 5.41) is 4.93. The van der Waals surface area contributed by atoms with Gasteiger partial charge in [0.25, 0.3) is 0 Å². The van der Waals surface area contributed by atoms with Gasteiger partial charge in [0.15, 0.2) is 0 Å². The molecular formula is C18H24N2O4. The SMILES string of the molecule is COc1ccc(NC(=O)NC(=O)C[C@H]2C[C@H](C(C)=O)C2(C)C)cc1. The maximum atomic E-state index is 12.0. The van der Waals surface area contributed by atoms with E-state index in [9.17, 15) is 14.4 Å². The Bertz CT molecular complexity index is 637. The molecule has 1 saturated carbocycles. The molecule has 1 aromatic carbocycles. The number of rotatable bonds is 5. The molecule has 1 aliphatic carbocycles. The van der Waals surface area contributed by atoms with Crippen molar-refractivity contribution in [2.45, 2.75) is 33.6 Å². The van der Waals surface area contributed by atoms with E-state index in [-0.39, 0.29) is 35.4 Å². The van der Waals surface area contributed by atoms with Crippen LogP contribution in [-0.2, 0) is 9.59 Å². The topological polar surface area (TPSA) is 84.5 Å². The van der Waals surface area contributed by atoms with Crippen LogP contribution in [0.2, 0.25) is 0 Å². The predicted molar refractivity (Wildman–Crippen MR) is 90.8 cm³/mol. The number of ether oxygens (including phenoxy) is 1. The molecule has 2 rings (SSSR count). The third kappa shape index (κ3) is 3.93. The Morgan fingerprint density at radius 2 is 1.83 bits per heavy atom. The first-order chi connectivity index (χ1) is 11.2. The van der Waals surface area contributed by atoms with E-state index in [1.54, 1.807) is 38.3 Å². The third-order valence-electron chi connectivity index (χ3n) is 4.99. The molecule has 6 heteroatoms. The van der Waals surface area contributed by atoms with Gasteiger partial charge in [-0.1, -0.05) is 13.8 Å². The van der Waals surface area contributed by atoms with E-state index < -0.39 is 6.03 Å². The van der Waals surface area contributed by atoms with Gasteiger partial charge in [0, 0.05) is 18.0 Å². The van der Waals surface area contributed by atoms with Crippen molar-refractivity contribution < 1.29 is 19.1 Å². The second-order valence-electron chi connectivity index (χ2n) is 6.85. The van der Waals surface area contributed by atoms with Crippen molar-refractivity contribution in [1.29, 1.82) is 0 Å². The molecule has 2 atom stereocenters. The van der Waals surface area contributed by atoms with Crippen LogP contribution in [0, 0.1) is 17.3 Å². The molecule has 0 aromatic heterocycles. The number of Topliss-reactive ketones (excluding diaryl/α,β-unsaturated/α-hetero) is 1. The van der Waals surface area contributed by atoms with Gasteiger partial charge in [-0.2, -0.15) is 0 Å². The van der Waals surface area contributed by atoms with Crippen LogP contribution in [-0.4, -0.2) is 24.8 Å². The summed E-state index contributed by atoms with van der Waals surface area (Å²) >= 11 is 0. The van der Waals surface area contributed by atoms with Gasteiger partial charge in [-0.15, -0.1) is 0 Å². The maximum absolute atomic E-state index is 12.0. The zero-order valence-electron chi connectivity index (χ0n) is 14.5. The maximum Gasteiger partial charge on any atom is 0.325 e. The Hall–Kier alpha value is -2.37. The molecule has 3 amide bonds. The summed E-state index contributed by atoms with van der Waals surface area (Å²) in [6.45, 7) is 5.58. The largest absolute Gasteiger partial charge is 0.497 e. The average Bonchev–Trinajstić information content (AvgIpc) is 2.51. The minimum Gasteiger partial charge on any atom is -0.497 e. The Kier molecular flexibility index (Phi) is 5.26. The molecule has 0 saturated heterocycles. The van der Waals surface area contributed by atoms with Crippen LogP contribution < -0.4 is 15.4 Å². The first kappa shape index (κ1) is 18.0. The lowest BCUT2D eigenvalue weighted by atomic mass is 9.52. The number of hydrogen-bond acceptors (Lipinski definition) is 4. The van der Waals surface area contributed by atoms with Gasteiger partial charge in [0.05, 0.1) is 7.11 Å². The molecular weight excluding hydrogens is 308 g/mol. The van der Waals surface area contributed by atoms with Gasteiger partial charge in [-0.25, -0.2) is 4.79 Å². The number of hydrogen-bond donors (Lipinski definition) is 2. The lowest BCUT2D eigenvalue weighted by Gasteiger charge is -2.51. The minimum absolute atomic E-state index is 0.00317. The number of urea groups is 1. The normalized spacial score (nSPS) is 21.3. The highest BCUT2D eigenvalue weighted by atomic mass is 16.5. The van der Waals surface area contributed by atoms with Gasteiger partial charge in [0.2, 0.25) is 5.91 Å². The number of amides is 3. The summed E-state index contributed by atoms with van der Waals surface area (Å²) in [5.41, 5.74) is 0.372. The van der Waals surface area contributed by atoms with E-state index in [2.05, 4.69) is 10.6 Å². The second-order valence-corrected chi connectivity index (χ2v) is 6.85. The zero-order valence-corrected chi connectivity index (χ0v) is 14.5. The monoisotopic (exact) mass is 332 g/mol. The lowest BCUT2D eigenvalue weighted by Crippen LogP contribution is -2.50. The fourth-order valence-corrected chi connectivity index (χ4v) is 3.29. The van der Waals surface area contributed by atoms with E-state index >= 15 is 0 Å². The predicted octanol–water partition coefficient (Wildman–Crippen LogP) is 2.98. The Balaban J connectivity index is 1.82. The van der Waals surface area contributed by atoms with E-state index in [4.69, 9.17) is 4.74 Å². The molecule has 2 N–H and O–H groups in total. The highest BCUT2D eigenvalue weighted by molar-refractivity contribution is 6.01. The summed E-state index contributed by atoms with van der Waals surface area (Å²) in [4.78, 5) is 35.4. The molecule has 0 spiro atoms. The van der Waals surface area contributed by atoms with Crippen LogP contribution in [0.3, 0.4) is 0 Å². The first-order valence-corrected chi connectivity index (χ1v) is 7.99. The molecule has 0 radical (unpaired) electrons. The van der Waals surface area contributed by atoms with Crippen LogP contribution >= 0.6 is 0 Å². The summed E-state index contributed by atoms with van der Waals surface area (Å²) in [6, 6.07) is 6.25. The molecule has 0 heterocycles. The molecule has 0 aliphatic heterocycles. The number of nitrogens with one attached hydrogen (secondary N) is 2. The van der Waals surface area contributed by atoms with Gasteiger partial charge < -0.3 is 10.1 Å². The number of imide groups is 1. The fraction of sp³-hybridized carbons (Fsp3) is 0.500. The van der Waals surface area contributed by atoms with Crippen molar-refractivity contribution in [3.05, 3.63) is 24.3 Å². The summed E-state index contributed by atoms with van der Waals surface area (Å²) in [5.74, 6) is 0.628. The highest BCUT2D eigenvalue weighted by Crippen LogP contribution is 2.53. The molecule has 1 aliphatic rings. The van der Waals surface area contributed by atoms with E-state index in [0.717, 1.165) is 0 Å². The van der Waals surface area contributed by atoms with Gasteiger partial charge in [-0.05, 0) is 48.9 Å².